The van der Waals surface area contributed by atoms with Crippen LogP contribution in [-0.4, -0.2) is 18.5 Å². The molecule has 0 saturated carbocycles. The van der Waals surface area contributed by atoms with E-state index in [2.05, 4.69) is 32.6 Å². The van der Waals surface area contributed by atoms with Gasteiger partial charge in [-0.2, -0.15) is 5.26 Å². The largest absolute Gasteiger partial charge is 0.369 e. The molecule has 5 heteroatoms. The van der Waals surface area contributed by atoms with Crippen LogP contribution in [0.15, 0.2) is 28.7 Å². The molecule has 1 aromatic rings. The van der Waals surface area contributed by atoms with Crippen molar-refractivity contribution < 1.29 is 4.79 Å². The molecule has 0 bridgehead atoms. The van der Waals surface area contributed by atoms with Gasteiger partial charge in [0.05, 0.1) is 12.5 Å². The molecule has 1 amide bonds. The van der Waals surface area contributed by atoms with Gasteiger partial charge in [-0.1, -0.05) is 22.9 Å². The van der Waals surface area contributed by atoms with Crippen molar-refractivity contribution in [3.63, 3.8) is 0 Å². The van der Waals surface area contributed by atoms with Crippen LogP contribution in [0.2, 0.25) is 0 Å². The van der Waals surface area contributed by atoms with E-state index in [0.29, 0.717) is 6.54 Å². The Labute approximate surface area is 116 Å². The number of carbonyl (C=O) groups excluding carboxylic acids is 1. The maximum Gasteiger partial charge on any atom is 0.223 e. The minimum absolute atomic E-state index is 0.104. The average Bonchev–Trinajstić information content (AvgIpc) is 2.38. The molecule has 4 nitrogen and oxygen atoms in total. The number of nitriles is 1. The van der Waals surface area contributed by atoms with Crippen molar-refractivity contribution in [1.29, 1.82) is 5.26 Å². The van der Waals surface area contributed by atoms with E-state index in [1.54, 1.807) is 0 Å². The molecule has 1 unspecified atom stereocenters. The molecule has 1 aromatic carbocycles. The van der Waals surface area contributed by atoms with Crippen molar-refractivity contribution in [2.75, 3.05) is 11.9 Å². The van der Waals surface area contributed by atoms with Gasteiger partial charge in [0.1, 0.15) is 6.04 Å². The first-order valence-electron chi connectivity index (χ1n) is 5.84. The molecule has 0 saturated heterocycles. The van der Waals surface area contributed by atoms with Gasteiger partial charge >= 0.3 is 0 Å². The summed E-state index contributed by atoms with van der Waals surface area (Å²) in [7, 11) is 0. The number of nitrogens with one attached hydrogen (secondary N) is 2. The topological polar surface area (TPSA) is 64.9 Å². The second-order valence-corrected chi connectivity index (χ2v) is 4.80. The average molecular weight is 310 g/mol. The first kappa shape index (κ1) is 14.5. The standard InChI is InChI=1S/C13H16BrN3O/c1-2-7-16-13(18)8-12(9-15)17-11-5-3-10(14)4-6-11/h3-6,12,17H,2,7-8H2,1H3,(H,16,18). The third kappa shape index (κ3) is 5.19. The molecule has 18 heavy (non-hydrogen) atoms. The molecule has 0 heterocycles. The summed E-state index contributed by atoms with van der Waals surface area (Å²) in [6.45, 7) is 2.64. The summed E-state index contributed by atoms with van der Waals surface area (Å²) in [5, 5.41) is 14.8. The smallest absolute Gasteiger partial charge is 0.223 e. The van der Waals surface area contributed by atoms with Crippen LogP contribution in [0.4, 0.5) is 5.69 Å². The summed E-state index contributed by atoms with van der Waals surface area (Å²) < 4.78 is 0.974. The summed E-state index contributed by atoms with van der Waals surface area (Å²) in [6, 6.07) is 9.06. The highest BCUT2D eigenvalue weighted by atomic mass is 79.9. The van der Waals surface area contributed by atoms with Crippen molar-refractivity contribution in [1.82, 2.24) is 5.32 Å². The molecule has 0 aliphatic heterocycles. The van der Waals surface area contributed by atoms with Crippen molar-refractivity contribution in [3.8, 4) is 6.07 Å². The zero-order chi connectivity index (χ0) is 13.4. The van der Waals surface area contributed by atoms with Gasteiger partial charge in [-0.15, -0.1) is 0 Å². The number of hydrogen-bond donors (Lipinski definition) is 2. The van der Waals surface area contributed by atoms with Crippen LogP contribution >= 0.6 is 15.9 Å². The van der Waals surface area contributed by atoms with Crippen LogP contribution in [0.1, 0.15) is 19.8 Å². The molecule has 0 radical (unpaired) electrons. The van der Waals surface area contributed by atoms with Crippen LogP contribution in [0.3, 0.4) is 0 Å². The fourth-order valence-electron chi connectivity index (χ4n) is 1.40. The van der Waals surface area contributed by atoms with Crippen LogP contribution < -0.4 is 10.6 Å². The molecule has 0 aliphatic rings. The van der Waals surface area contributed by atoms with Crippen molar-refractivity contribution in [3.05, 3.63) is 28.7 Å². The van der Waals surface area contributed by atoms with E-state index in [1.165, 1.54) is 0 Å². The quantitative estimate of drug-likeness (QED) is 0.849. The number of benzene rings is 1. The molecule has 0 aliphatic carbocycles. The summed E-state index contributed by atoms with van der Waals surface area (Å²) in [4.78, 5) is 11.5. The van der Waals surface area contributed by atoms with Gasteiger partial charge in [-0.05, 0) is 30.7 Å². The normalized spacial score (nSPS) is 11.4. The Morgan fingerprint density at radius 1 is 1.44 bits per heavy atom. The lowest BCUT2D eigenvalue weighted by atomic mass is 10.2. The number of rotatable bonds is 6. The molecule has 0 spiro atoms. The molecule has 96 valence electrons. The fourth-order valence-corrected chi connectivity index (χ4v) is 1.66. The second kappa shape index (κ2) is 7.72. The first-order valence-corrected chi connectivity index (χ1v) is 6.63. The van der Waals surface area contributed by atoms with E-state index in [-0.39, 0.29) is 12.3 Å². The highest BCUT2D eigenvalue weighted by Gasteiger charge is 2.12. The number of anilines is 1. The van der Waals surface area contributed by atoms with E-state index in [0.717, 1.165) is 16.6 Å². The van der Waals surface area contributed by atoms with E-state index in [9.17, 15) is 4.79 Å². The fraction of sp³-hybridized carbons (Fsp3) is 0.385. The molecule has 1 atom stereocenters. The Bertz CT molecular complexity index is 425. The van der Waals surface area contributed by atoms with Crippen LogP contribution in [0.25, 0.3) is 0 Å². The molecular formula is C13H16BrN3O. The number of carbonyl (C=O) groups is 1. The van der Waals surface area contributed by atoms with E-state index >= 15 is 0 Å². The summed E-state index contributed by atoms with van der Waals surface area (Å²) in [6.07, 6.45) is 1.05. The Morgan fingerprint density at radius 3 is 2.67 bits per heavy atom. The van der Waals surface area contributed by atoms with Gasteiger partial charge in [0.15, 0.2) is 0 Å². The minimum atomic E-state index is -0.511. The van der Waals surface area contributed by atoms with Crippen LogP contribution in [-0.2, 0) is 4.79 Å². The van der Waals surface area contributed by atoms with Gasteiger partial charge in [-0.25, -0.2) is 0 Å². The highest BCUT2D eigenvalue weighted by Crippen LogP contribution is 2.15. The lowest BCUT2D eigenvalue weighted by Gasteiger charge is -2.12. The SMILES string of the molecule is CCCNC(=O)CC(C#N)Nc1ccc(Br)cc1. The number of hydrogen-bond acceptors (Lipinski definition) is 3. The summed E-state index contributed by atoms with van der Waals surface area (Å²) in [5.74, 6) is -0.104. The molecule has 1 rings (SSSR count). The van der Waals surface area contributed by atoms with E-state index in [1.807, 2.05) is 31.2 Å². The van der Waals surface area contributed by atoms with Gasteiger partial charge in [-0.3, -0.25) is 4.79 Å². The van der Waals surface area contributed by atoms with Crippen molar-refractivity contribution in [2.24, 2.45) is 0 Å². The predicted molar refractivity (Wildman–Crippen MR) is 75.1 cm³/mol. The molecule has 0 fully saturated rings. The third-order valence-electron chi connectivity index (χ3n) is 2.30. The molecular weight excluding hydrogens is 294 g/mol. The Morgan fingerprint density at radius 2 is 2.11 bits per heavy atom. The summed E-state index contributed by atoms with van der Waals surface area (Å²) in [5.41, 5.74) is 0.827. The van der Waals surface area contributed by atoms with Gasteiger partial charge in [0, 0.05) is 16.7 Å². The molecule has 0 aromatic heterocycles. The lowest BCUT2D eigenvalue weighted by Crippen LogP contribution is -2.30. The van der Waals surface area contributed by atoms with Crippen molar-refractivity contribution in [2.45, 2.75) is 25.8 Å². The Hall–Kier alpha value is -1.54. The van der Waals surface area contributed by atoms with Crippen LogP contribution in [0, 0.1) is 11.3 Å². The third-order valence-corrected chi connectivity index (χ3v) is 2.83. The van der Waals surface area contributed by atoms with Crippen molar-refractivity contribution >= 4 is 27.5 Å². The van der Waals surface area contributed by atoms with E-state index < -0.39 is 6.04 Å². The zero-order valence-corrected chi connectivity index (χ0v) is 11.8. The Balaban J connectivity index is 2.49. The predicted octanol–water partition coefficient (Wildman–Crippen LogP) is 2.67. The van der Waals surface area contributed by atoms with Gasteiger partial charge in [0.25, 0.3) is 0 Å². The maximum atomic E-state index is 11.5. The van der Waals surface area contributed by atoms with Gasteiger partial charge in [0.2, 0.25) is 5.91 Å². The highest BCUT2D eigenvalue weighted by molar-refractivity contribution is 9.10. The Kier molecular flexibility index (Phi) is 6.23. The van der Waals surface area contributed by atoms with Gasteiger partial charge < -0.3 is 10.6 Å². The second-order valence-electron chi connectivity index (χ2n) is 3.89. The first-order chi connectivity index (χ1) is 8.65. The monoisotopic (exact) mass is 309 g/mol. The number of amides is 1. The van der Waals surface area contributed by atoms with Crippen LogP contribution in [0.5, 0.6) is 0 Å². The summed E-state index contributed by atoms with van der Waals surface area (Å²) >= 11 is 3.34. The maximum absolute atomic E-state index is 11.5. The lowest BCUT2D eigenvalue weighted by molar-refractivity contribution is -0.121. The number of nitrogens with zero attached hydrogens (tertiary/aromatic N) is 1. The number of halogens is 1. The van der Waals surface area contributed by atoms with E-state index in [4.69, 9.17) is 5.26 Å². The zero-order valence-electron chi connectivity index (χ0n) is 10.2. The minimum Gasteiger partial charge on any atom is -0.369 e. The molecule has 2 N–H and O–H groups in total.